The van der Waals surface area contributed by atoms with Crippen molar-refractivity contribution in [3.63, 3.8) is 0 Å². The summed E-state index contributed by atoms with van der Waals surface area (Å²) < 4.78 is 43.9. The zero-order valence-electron chi connectivity index (χ0n) is 22.6. The van der Waals surface area contributed by atoms with E-state index in [4.69, 9.17) is 6.85 Å². The first-order valence-corrected chi connectivity index (χ1v) is 9.76. The van der Waals surface area contributed by atoms with Crippen LogP contribution in [0.5, 0.6) is 0 Å². The maximum absolute atomic E-state index is 8.90. The minimum Gasteiger partial charge on any atom is -0.261 e. The van der Waals surface area contributed by atoms with Gasteiger partial charge in [0.2, 0.25) is 5.69 Å². The fourth-order valence-electron chi connectivity index (χ4n) is 4.16. The average Bonchev–Trinajstić information content (AvgIpc) is 3.03. The standard InChI is InChI=1S/C26H31N2/c1-16-8-9-21-22(11-19-10-18(3)27-14-23(19)21)25(16)24-12-20(13-26(4,5)6)17(2)15-28(24)7/h8-10,12,14-15H,11,13H2,1-7H3/q+1/i2D3,13D2. The summed E-state index contributed by atoms with van der Waals surface area (Å²) in [6.07, 6.45) is 2.45. The van der Waals surface area contributed by atoms with Crippen LogP contribution in [0.25, 0.3) is 22.4 Å². The minimum absolute atomic E-state index is 0.0574. The summed E-state index contributed by atoms with van der Waals surface area (Å²) in [5.41, 5.74) is 8.09. The van der Waals surface area contributed by atoms with Crippen LogP contribution in [0.2, 0.25) is 0 Å². The van der Waals surface area contributed by atoms with Gasteiger partial charge in [-0.3, -0.25) is 4.98 Å². The van der Waals surface area contributed by atoms with Crippen molar-refractivity contribution >= 4 is 0 Å². The SMILES string of the molecule is [2H]C([2H])([2H])c1c[n+](C)c(-c2c(C)ccc3c2Cc2cc(C)ncc2-3)cc1C([2H])([2H])C(C)(C)C. The van der Waals surface area contributed by atoms with Gasteiger partial charge >= 0.3 is 0 Å². The molecule has 2 nitrogen and oxygen atoms in total. The number of hydrogen-bond donors (Lipinski definition) is 0. The molecule has 0 N–H and O–H groups in total. The van der Waals surface area contributed by atoms with Crippen molar-refractivity contribution < 1.29 is 11.4 Å². The van der Waals surface area contributed by atoms with Gasteiger partial charge in [-0.05, 0) is 72.8 Å². The summed E-state index contributed by atoms with van der Waals surface area (Å²) in [5.74, 6) is 0. The zero-order chi connectivity index (χ0) is 24.5. The van der Waals surface area contributed by atoms with E-state index < -0.39 is 18.6 Å². The lowest BCUT2D eigenvalue weighted by Gasteiger charge is -2.20. The van der Waals surface area contributed by atoms with Crippen molar-refractivity contribution in [2.45, 2.75) is 54.3 Å². The molecule has 0 saturated heterocycles. The largest absolute Gasteiger partial charge is 0.261 e. The van der Waals surface area contributed by atoms with E-state index >= 15 is 0 Å². The highest BCUT2D eigenvalue weighted by molar-refractivity contribution is 5.84. The van der Waals surface area contributed by atoms with E-state index in [9.17, 15) is 0 Å². The van der Waals surface area contributed by atoms with Crippen molar-refractivity contribution in [1.29, 1.82) is 0 Å². The van der Waals surface area contributed by atoms with E-state index in [1.54, 1.807) is 33.0 Å². The summed E-state index contributed by atoms with van der Waals surface area (Å²) in [7, 11) is 1.84. The highest BCUT2D eigenvalue weighted by atomic mass is 14.9. The summed E-state index contributed by atoms with van der Waals surface area (Å²) >= 11 is 0. The number of nitrogens with zero attached hydrogens (tertiary/aromatic N) is 2. The maximum Gasteiger partial charge on any atom is 0.213 e. The first-order valence-electron chi connectivity index (χ1n) is 12.3. The molecule has 0 aliphatic heterocycles. The van der Waals surface area contributed by atoms with Crippen LogP contribution in [-0.4, -0.2) is 4.98 Å². The average molecular weight is 377 g/mol. The van der Waals surface area contributed by atoms with Gasteiger partial charge in [0.15, 0.2) is 6.20 Å². The molecule has 144 valence electrons. The van der Waals surface area contributed by atoms with Gasteiger partial charge in [-0.2, -0.15) is 0 Å². The lowest BCUT2D eigenvalue weighted by Crippen LogP contribution is -2.32. The van der Waals surface area contributed by atoms with Crippen LogP contribution in [-0.2, 0) is 19.8 Å². The number of aromatic nitrogens is 2. The Hall–Kier alpha value is -2.48. The molecule has 4 rings (SSSR count). The molecule has 0 unspecified atom stereocenters. The fraction of sp³-hybridized carbons (Fsp3) is 0.385. The molecule has 0 saturated carbocycles. The molecule has 0 bridgehead atoms. The Morgan fingerprint density at radius 3 is 2.64 bits per heavy atom. The normalized spacial score (nSPS) is 16.4. The van der Waals surface area contributed by atoms with Gasteiger partial charge in [0.1, 0.15) is 7.05 Å². The molecular formula is C26H31N2+. The summed E-state index contributed by atoms with van der Waals surface area (Å²) in [6.45, 7) is 7.04. The van der Waals surface area contributed by atoms with Gasteiger partial charge in [-0.25, -0.2) is 4.57 Å². The van der Waals surface area contributed by atoms with Gasteiger partial charge in [-0.1, -0.05) is 32.9 Å². The van der Waals surface area contributed by atoms with E-state index in [-0.39, 0.29) is 11.1 Å². The molecule has 0 fully saturated rings. The van der Waals surface area contributed by atoms with Crippen molar-refractivity contribution in [3.8, 4) is 22.4 Å². The Bertz CT molecular complexity index is 1270. The molecule has 0 radical (unpaired) electrons. The van der Waals surface area contributed by atoms with E-state index in [1.165, 1.54) is 11.1 Å². The van der Waals surface area contributed by atoms with Gasteiger partial charge in [0, 0.05) is 35.9 Å². The van der Waals surface area contributed by atoms with E-state index in [0.29, 0.717) is 0 Å². The number of benzene rings is 1. The highest BCUT2D eigenvalue weighted by Crippen LogP contribution is 2.42. The number of aryl methyl sites for hydroxylation is 4. The second-order valence-electron chi connectivity index (χ2n) is 8.92. The maximum atomic E-state index is 8.90. The summed E-state index contributed by atoms with van der Waals surface area (Å²) in [5, 5.41) is 0. The molecule has 2 aromatic heterocycles. The third-order valence-electron chi connectivity index (χ3n) is 5.34. The van der Waals surface area contributed by atoms with Crippen LogP contribution in [0.1, 0.15) is 61.1 Å². The lowest BCUT2D eigenvalue weighted by atomic mass is 9.85. The topological polar surface area (TPSA) is 16.8 Å². The smallest absolute Gasteiger partial charge is 0.213 e. The van der Waals surface area contributed by atoms with Crippen LogP contribution in [0.4, 0.5) is 0 Å². The summed E-state index contributed by atoms with van der Waals surface area (Å²) in [6, 6.07) is 8.10. The number of rotatable bonds is 2. The number of pyridine rings is 2. The molecular weight excluding hydrogens is 340 g/mol. The Kier molecular flexibility index (Phi) is 3.19. The number of fused-ring (bicyclic) bond motifs is 3. The molecule has 0 spiro atoms. The molecule has 28 heavy (non-hydrogen) atoms. The number of hydrogen-bond acceptors (Lipinski definition) is 1. The minimum atomic E-state index is -2.42. The van der Waals surface area contributed by atoms with Gasteiger partial charge in [0.05, 0.1) is 5.56 Å². The Balaban J connectivity index is 2.02. The lowest BCUT2D eigenvalue weighted by molar-refractivity contribution is -0.660. The predicted molar refractivity (Wildman–Crippen MR) is 116 cm³/mol. The van der Waals surface area contributed by atoms with Crippen molar-refractivity contribution in [3.05, 3.63) is 70.2 Å². The molecule has 1 aliphatic carbocycles. The second-order valence-corrected chi connectivity index (χ2v) is 8.92. The van der Waals surface area contributed by atoms with Crippen LogP contribution in [0.15, 0.2) is 36.7 Å². The van der Waals surface area contributed by atoms with Crippen LogP contribution >= 0.6 is 0 Å². The predicted octanol–water partition coefficient (Wildman–Crippen LogP) is 5.66. The highest BCUT2D eigenvalue weighted by Gasteiger charge is 2.27. The third kappa shape index (κ3) is 3.26. The molecule has 3 aromatic rings. The monoisotopic (exact) mass is 376 g/mol. The van der Waals surface area contributed by atoms with E-state index in [1.807, 2.05) is 24.7 Å². The van der Waals surface area contributed by atoms with E-state index in [2.05, 4.69) is 30.1 Å². The van der Waals surface area contributed by atoms with Crippen LogP contribution < -0.4 is 4.57 Å². The molecule has 1 aliphatic rings. The molecule has 2 heteroatoms. The third-order valence-corrected chi connectivity index (χ3v) is 5.34. The fourth-order valence-corrected chi connectivity index (χ4v) is 4.16. The Morgan fingerprint density at radius 2 is 1.93 bits per heavy atom. The quantitative estimate of drug-likeness (QED) is 0.413. The van der Waals surface area contributed by atoms with Crippen molar-refractivity contribution in [2.24, 2.45) is 12.5 Å². The Morgan fingerprint density at radius 1 is 1.14 bits per heavy atom. The summed E-state index contributed by atoms with van der Waals surface area (Å²) in [4.78, 5) is 4.49. The molecule has 2 heterocycles. The van der Waals surface area contributed by atoms with E-state index in [0.717, 1.165) is 40.1 Å². The first-order chi connectivity index (χ1) is 15.1. The van der Waals surface area contributed by atoms with Crippen LogP contribution in [0.3, 0.4) is 0 Å². The molecule has 0 amide bonds. The van der Waals surface area contributed by atoms with Gasteiger partial charge in [0.25, 0.3) is 0 Å². The Labute approximate surface area is 176 Å². The first kappa shape index (κ1) is 13.7. The zero-order valence-corrected chi connectivity index (χ0v) is 17.6. The van der Waals surface area contributed by atoms with Gasteiger partial charge < -0.3 is 0 Å². The molecule has 0 atom stereocenters. The van der Waals surface area contributed by atoms with Gasteiger partial charge in [-0.15, -0.1) is 0 Å². The van der Waals surface area contributed by atoms with Crippen molar-refractivity contribution in [2.75, 3.05) is 0 Å². The van der Waals surface area contributed by atoms with Crippen LogP contribution in [0, 0.1) is 26.1 Å². The second kappa shape index (κ2) is 6.55. The van der Waals surface area contributed by atoms with Crippen molar-refractivity contribution in [1.82, 2.24) is 4.98 Å². The molecule has 1 aromatic carbocycles.